The standard InChI is InChI=1S/C24H41N3O8/c1-2-3-4-5-11-27(15-19(29)21(31)22(32)20(30)16-28)12-10-26-23(33)18-8-6-7-17(14-18)9-13-35-24(25)34/h6-8,14,19-22,28-32H,2-5,9-13,15-16H2,1H3,(H2,25,34)(H,26,33). The van der Waals surface area contributed by atoms with Crippen LogP contribution in [0.5, 0.6) is 0 Å². The summed E-state index contributed by atoms with van der Waals surface area (Å²) >= 11 is 0. The number of carbonyl (C=O) groups excluding carboxylic acids is 2. The first kappa shape index (κ1) is 30.8. The monoisotopic (exact) mass is 499 g/mol. The number of hydrogen-bond acceptors (Lipinski definition) is 9. The van der Waals surface area contributed by atoms with Crippen molar-refractivity contribution in [3.8, 4) is 0 Å². The van der Waals surface area contributed by atoms with E-state index >= 15 is 0 Å². The highest BCUT2D eigenvalue weighted by Crippen LogP contribution is 2.09. The minimum absolute atomic E-state index is 0.0215. The highest BCUT2D eigenvalue weighted by Gasteiger charge is 2.31. The van der Waals surface area contributed by atoms with Crippen molar-refractivity contribution in [3.05, 3.63) is 35.4 Å². The molecule has 0 spiro atoms. The van der Waals surface area contributed by atoms with E-state index in [1.54, 1.807) is 18.2 Å². The lowest BCUT2D eigenvalue weighted by atomic mass is 10.0. The van der Waals surface area contributed by atoms with Gasteiger partial charge in [-0.2, -0.15) is 0 Å². The summed E-state index contributed by atoms with van der Waals surface area (Å²) in [7, 11) is 0. The molecule has 0 aliphatic heterocycles. The average molecular weight is 500 g/mol. The van der Waals surface area contributed by atoms with Crippen LogP contribution < -0.4 is 11.1 Å². The van der Waals surface area contributed by atoms with Crippen LogP contribution in [0.25, 0.3) is 0 Å². The zero-order valence-electron chi connectivity index (χ0n) is 20.4. The molecule has 0 radical (unpaired) electrons. The van der Waals surface area contributed by atoms with Gasteiger partial charge in [-0.1, -0.05) is 38.3 Å². The second-order valence-electron chi connectivity index (χ2n) is 8.53. The molecule has 8 N–H and O–H groups in total. The molecule has 0 heterocycles. The van der Waals surface area contributed by atoms with Crippen LogP contribution in [0.3, 0.4) is 0 Å². The van der Waals surface area contributed by atoms with E-state index in [4.69, 9.17) is 15.6 Å². The lowest BCUT2D eigenvalue weighted by Crippen LogP contribution is -2.50. The fourth-order valence-electron chi connectivity index (χ4n) is 3.56. The zero-order valence-corrected chi connectivity index (χ0v) is 20.4. The molecule has 4 unspecified atom stereocenters. The summed E-state index contributed by atoms with van der Waals surface area (Å²) in [5.41, 5.74) is 6.22. The maximum Gasteiger partial charge on any atom is 0.404 e. The maximum atomic E-state index is 12.6. The lowest BCUT2D eigenvalue weighted by Gasteiger charge is -2.30. The van der Waals surface area contributed by atoms with Gasteiger partial charge in [0.2, 0.25) is 0 Å². The summed E-state index contributed by atoms with van der Waals surface area (Å²) in [6.07, 6.45) is -2.67. The molecule has 0 saturated carbocycles. The maximum absolute atomic E-state index is 12.6. The van der Waals surface area contributed by atoms with Gasteiger partial charge in [-0.25, -0.2) is 4.79 Å². The number of ether oxygens (including phenoxy) is 1. The molecule has 11 nitrogen and oxygen atoms in total. The minimum atomic E-state index is -1.68. The Morgan fingerprint density at radius 1 is 1.06 bits per heavy atom. The lowest BCUT2D eigenvalue weighted by molar-refractivity contribution is -0.119. The van der Waals surface area contributed by atoms with E-state index in [1.165, 1.54) is 0 Å². The van der Waals surface area contributed by atoms with Crippen molar-refractivity contribution in [2.24, 2.45) is 5.73 Å². The number of aliphatic hydroxyl groups is 5. The minimum Gasteiger partial charge on any atom is -0.449 e. The van der Waals surface area contributed by atoms with Crippen molar-refractivity contribution in [1.29, 1.82) is 0 Å². The molecule has 1 aromatic carbocycles. The van der Waals surface area contributed by atoms with E-state index in [0.29, 0.717) is 25.1 Å². The third-order valence-electron chi connectivity index (χ3n) is 5.64. The molecule has 0 aliphatic carbocycles. The smallest absolute Gasteiger partial charge is 0.404 e. The van der Waals surface area contributed by atoms with Crippen LogP contribution in [0.4, 0.5) is 4.79 Å². The van der Waals surface area contributed by atoms with Gasteiger partial charge in [0.1, 0.15) is 18.3 Å². The molecule has 200 valence electrons. The first-order valence-electron chi connectivity index (χ1n) is 12.0. The largest absolute Gasteiger partial charge is 0.449 e. The first-order valence-corrected chi connectivity index (χ1v) is 12.0. The topological polar surface area (TPSA) is 186 Å². The summed E-state index contributed by atoms with van der Waals surface area (Å²) in [6.45, 7) is 2.80. The van der Waals surface area contributed by atoms with Crippen LogP contribution in [0.2, 0.25) is 0 Å². The van der Waals surface area contributed by atoms with Crippen molar-refractivity contribution in [2.75, 3.05) is 39.4 Å². The highest BCUT2D eigenvalue weighted by atomic mass is 16.5. The molecule has 1 aromatic rings. The van der Waals surface area contributed by atoms with E-state index in [9.17, 15) is 30.0 Å². The normalized spacial score (nSPS) is 14.8. The Bertz CT molecular complexity index is 751. The number of primary amides is 1. The Hall–Kier alpha value is -2.28. The number of nitrogens with one attached hydrogen (secondary N) is 1. The second kappa shape index (κ2) is 17.2. The van der Waals surface area contributed by atoms with Crippen LogP contribution in [0.1, 0.15) is 48.5 Å². The SMILES string of the molecule is CCCCCCN(CCNC(=O)c1cccc(CCOC(N)=O)c1)CC(O)C(O)C(O)C(O)CO. The predicted molar refractivity (Wildman–Crippen MR) is 130 cm³/mol. The molecule has 0 bridgehead atoms. The Balaban J connectivity index is 2.64. The van der Waals surface area contributed by atoms with Crippen LogP contribution in [-0.4, -0.2) is 106 Å². The fraction of sp³-hybridized carbons (Fsp3) is 0.667. The number of rotatable bonds is 18. The molecule has 0 aliphatic rings. The van der Waals surface area contributed by atoms with Gasteiger partial charge in [0.05, 0.1) is 19.3 Å². The van der Waals surface area contributed by atoms with Crippen LogP contribution in [0, 0.1) is 0 Å². The first-order chi connectivity index (χ1) is 16.7. The Labute approximate surface area is 206 Å². The van der Waals surface area contributed by atoms with Gasteiger partial charge in [0.25, 0.3) is 5.91 Å². The van der Waals surface area contributed by atoms with Crippen molar-refractivity contribution >= 4 is 12.0 Å². The van der Waals surface area contributed by atoms with E-state index in [2.05, 4.69) is 12.2 Å². The van der Waals surface area contributed by atoms with Gasteiger partial charge >= 0.3 is 6.09 Å². The number of nitrogens with two attached hydrogens (primary N) is 1. The third-order valence-corrected chi connectivity index (χ3v) is 5.64. The van der Waals surface area contributed by atoms with Gasteiger partial charge in [0.15, 0.2) is 0 Å². The quantitative estimate of drug-likeness (QED) is 0.129. The van der Waals surface area contributed by atoms with Crippen molar-refractivity contribution < 1.29 is 39.9 Å². The molecule has 11 heteroatoms. The molecule has 0 aromatic heterocycles. The number of amides is 2. The Morgan fingerprint density at radius 2 is 1.77 bits per heavy atom. The molecule has 1 rings (SSSR count). The Kier molecular flexibility index (Phi) is 15.1. The molecule has 2 amide bonds. The second-order valence-corrected chi connectivity index (χ2v) is 8.53. The predicted octanol–water partition coefficient (Wildman–Crippen LogP) is -0.628. The number of aliphatic hydroxyl groups excluding tert-OH is 5. The third kappa shape index (κ3) is 12.3. The number of hydrogen-bond donors (Lipinski definition) is 7. The molecule has 0 saturated heterocycles. The molecule has 35 heavy (non-hydrogen) atoms. The van der Waals surface area contributed by atoms with Gasteiger partial charge in [-0.05, 0) is 30.7 Å². The van der Waals surface area contributed by atoms with Crippen molar-refractivity contribution in [3.63, 3.8) is 0 Å². The summed E-state index contributed by atoms with van der Waals surface area (Å²) in [6, 6.07) is 6.92. The van der Waals surface area contributed by atoms with Crippen molar-refractivity contribution in [1.82, 2.24) is 10.2 Å². The molecule has 4 atom stereocenters. The van der Waals surface area contributed by atoms with Crippen LogP contribution >= 0.6 is 0 Å². The summed E-state index contributed by atoms with van der Waals surface area (Å²) in [4.78, 5) is 25.1. The van der Waals surface area contributed by atoms with E-state index in [1.807, 2.05) is 11.0 Å². The average Bonchev–Trinajstić information content (AvgIpc) is 2.84. The van der Waals surface area contributed by atoms with Crippen LogP contribution in [0.15, 0.2) is 24.3 Å². The van der Waals surface area contributed by atoms with E-state index in [0.717, 1.165) is 31.2 Å². The number of carbonyl (C=O) groups is 2. The number of nitrogens with zero attached hydrogens (tertiary/aromatic N) is 1. The van der Waals surface area contributed by atoms with Gasteiger partial charge < -0.3 is 41.3 Å². The van der Waals surface area contributed by atoms with Gasteiger partial charge in [0, 0.05) is 31.6 Å². The number of benzene rings is 1. The summed E-state index contributed by atoms with van der Waals surface area (Å²) in [5.74, 6) is -0.282. The molecule has 0 fully saturated rings. The Morgan fingerprint density at radius 3 is 2.43 bits per heavy atom. The summed E-state index contributed by atoms with van der Waals surface area (Å²) in [5, 5.41) is 51.7. The van der Waals surface area contributed by atoms with E-state index in [-0.39, 0.29) is 25.6 Å². The fourth-order valence-corrected chi connectivity index (χ4v) is 3.56. The van der Waals surface area contributed by atoms with Crippen LogP contribution in [-0.2, 0) is 11.2 Å². The van der Waals surface area contributed by atoms with E-state index < -0.39 is 37.1 Å². The highest BCUT2D eigenvalue weighted by molar-refractivity contribution is 5.94. The molecular weight excluding hydrogens is 458 g/mol. The van der Waals surface area contributed by atoms with Crippen molar-refractivity contribution in [2.45, 2.75) is 63.4 Å². The van der Waals surface area contributed by atoms with Gasteiger partial charge in [-0.15, -0.1) is 0 Å². The zero-order chi connectivity index (χ0) is 26.2. The molecular formula is C24H41N3O8. The van der Waals surface area contributed by atoms with Gasteiger partial charge in [-0.3, -0.25) is 9.69 Å². The summed E-state index contributed by atoms with van der Waals surface area (Å²) < 4.78 is 4.72. The number of unbranched alkanes of at least 4 members (excludes halogenated alkanes) is 3.